The second-order valence-electron chi connectivity index (χ2n) is 10.1. The minimum Gasteiger partial charge on any atom is -0.461 e. The lowest BCUT2D eigenvalue weighted by atomic mass is 10.1. The van der Waals surface area contributed by atoms with Gasteiger partial charge in [-0.05, 0) is 74.7 Å². The number of sulfone groups is 1. The molecule has 2 aromatic heterocycles. The molecule has 1 N–H and O–H groups in total. The first-order chi connectivity index (χ1) is 19.3. The van der Waals surface area contributed by atoms with Gasteiger partial charge in [-0.15, -0.1) is 11.3 Å². The number of anilines is 1. The number of thiophene rings is 1. The number of likely N-dealkylation sites (tertiary alicyclic amines) is 2. The molecule has 4 heterocycles. The van der Waals surface area contributed by atoms with Gasteiger partial charge in [0.05, 0.1) is 12.6 Å². The molecule has 2 aliphatic heterocycles. The van der Waals surface area contributed by atoms with Gasteiger partial charge in [0.1, 0.15) is 27.4 Å². The molecule has 2 aliphatic rings. The molecule has 0 aliphatic carbocycles. The van der Waals surface area contributed by atoms with E-state index in [0.29, 0.717) is 50.2 Å². The average Bonchev–Trinajstić information content (AvgIpc) is 3.69. The van der Waals surface area contributed by atoms with Gasteiger partial charge in [-0.3, -0.25) is 14.6 Å². The number of rotatable bonds is 7. The lowest BCUT2D eigenvalue weighted by Gasteiger charge is -2.25. The van der Waals surface area contributed by atoms with Crippen LogP contribution in [0.2, 0.25) is 0 Å². The number of amides is 2. The number of fused-ring (bicyclic) bond motifs is 1. The van der Waals surface area contributed by atoms with Gasteiger partial charge in [-0.1, -0.05) is 6.07 Å². The van der Waals surface area contributed by atoms with Crippen LogP contribution in [0.3, 0.4) is 0 Å². The van der Waals surface area contributed by atoms with E-state index in [2.05, 4.69) is 10.3 Å². The Morgan fingerprint density at radius 2 is 1.98 bits per heavy atom. The van der Waals surface area contributed by atoms with Crippen molar-refractivity contribution >= 4 is 55.5 Å². The Labute approximate surface area is 237 Å². The first-order valence-electron chi connectivity index (χ1n) is 13.3. The van der Waals surface area contributed by atoms with Gasteiger partial charge in [-0.2, -0.15) is 5.26 Å². The predicted octanol–water partition coefficient (Wildman–Crippen LogP) is 3.98. The number of aliphatic imine (C=N–C) groups is 1. The van der Waals surface area contributed by atoms with Crippen LogP contribution in [-0.2, 0) is 19.4 Å². The number of nitriles is 1. The molecule has 3 aromatic rings. The van der Waals surface area contributed by atoms with Crippen LogP contribution < -0.4 is 5.32 Å². The predicted molar refractivity (Wildman–Crippen MR) is 153 cm³/mol. The number of hydrogen-bond acceptors (Lipinski definition) is 8. The Kier molecular flexibility index (Phi) is 8.23. The summed E-state index contributed by atoms with van der Waals surface area (Å²) in [6.45, 7) is 3.62. The van der Waals surface area contributed by atoms with E-state index < -0.39 is 21.1 Å². The minimum absolute atomic E-state index is 0.0285. The Morgan fingerprint density at radius 3 is 2.70 bits per heavy atom. The van der Waals surface area contributed by atoms with Crippen molar-refractivity contribution in [2.24, 2.45) is 4.99 Å². The number of carbonyl (C=O) groups is 2. The van der Waals surface area contributed by atoms with Crippen LogP contribution in [0.25, 0.3) is 11.0 Å². The molecule has 10 nitrogen and oxygen atoms in total. The van der Waals surface area contributed by atoms with Crippen molar-refractivity contribution in [2.75, 3.05) is 31.5 Å². The fraction of sp³-hybridized carbons (Fsp3) is 0.429. The summed E-state index contributed by atoms with van der Waals surface area (Å²) in [5.41, 5.74) is 1.18. The van der Waals surface area contributed by atoms with E-state index in [1.807, 2.05) is 19.1 Å². The zero-order valence-electron chi connectivity index (χ0n) is 22.2. The number of amidine groups is 1. The number of hydrogen-bond donors (Lipinski definition) is 1. The van der Waals surface area contributed by atoms with Gasteiger partial charge in [0.15, 0.2) is 0 Å². The van der Waals surface area contributed by atoms with Crippen LogP contribution in [-0.4, -0.2) is 73.3 Å². The molecular weight excluding hydrogens is 550 g/mol. The first kappa shape index (κ1) is 27.9. The van der Waals surface area contributed by atoms with Crippen molar-refractivity contribution in [3.05, 3.63) is 47.5 Å². The van der Waals surface area contributed by atoms with E-state index in [0.717, 1.165) is 35.3 Å². The van der Waals surface area contributed by atoms with E-state index >= 15 is 0 Å². The van der Waals surface area contributed by atoms with Gasteiger partial charge in [0, 0.05) is 30.7 Å². The number of benzene rings is 1. The molecular formula is C28H31N5O5S2. The molecule has 2 amide bonds. The molecule has 2 saturated heterocycles. The second kappa shape index (κ2) is 11.8. The van der Waals surface area contributed by atoms with Gasteiger partial charge < -0.3 is 19.5 Å². The number of nitrogens with zero attached hydrogens (tertiary/aromatic N) is 4. The zero-order chi connectivity index (χ0) is 28.3. The summed E-state index contributed by atoms with van der Waals surface area (Å²) < 4.78 is 32.7. The maximum Gasteiger partial charge on any atom is 0.247 e. The topological polar surface area (TPSA) is 136 Å². The van der Waals surface area contributed by atoms with Crippen LogP contribution >= 0.6 is 11.3 Å². The largest absolute Gasteiger partial charge is 0.461 e. The lowest BCUT2D eigenvalue weighted by Crippen LogP contribution is -2.45. The Hall–Kier alpha value is -3.69. The van der Waals surface area contributed by atoms with Crippen LogP contribution in [0.1, 0.15) is 37.9 Å². The smallest absolute Gasteiger partial charge is 0.247 e. The van der Waals surface area contributed by atoms with Gasteiger partial charge >= 0.3 is 0 Å². The molecule has 0 bridgehead atoms. The highest BCUT2D eigenvalue weighted by molar-refractivity contribution is 7.95. The van der Waals surface area contributed by atoms with Crippen LogP contribution in [0.4, 0.5) is 5.69 Å². The summed E-state index contributed by atoms with van der Waals surface area (Å²) in [6, 6.07) is 11.1. The number of nitrogens with one attached hydrogen (secondary N) is 1. The van der Waals surface area contributed by atoms with Crippen LogP contribution in [0.15, 0.2) is 55.4 Å². The summed E-state index contributed by atoms with van der Waals surface area (Å²) in [5, 5.41) is 13.9. The maximum absolute atomic E-state index is 13.6. The normalized spacial score (nSPS) is 19.4. The third-order valence-corrected chi connectivity index (χ3v) is 10.5. The van der Waals surface area contributed by atoms with E-state index in [1.54, 1.807) is 34.5 Å². The summed E-state index contributed by atoms with van der Waals surface area (Å²) in [6.07, 6.45) is 3.69. The third kappa shape index (κ3) is 5.90. The quantitative estimate of drug-likeness (QED) is 0.329. The average molecular weight is 582 g/mol. The van der Waals surface area contributed by atoms with E-state index in [1.165, 1.54) is 11.0 Å². The summed E-state index contributed by atoms with van der Waals surface area (Å²) in [7, 11) is -4.13. The molecule has 2 fully saturated rings. The molecule has 210 valence electrons. The Balaban J connectivity index is 1.49. The standard InChI is InChI=1S/C28H31N5O5S2/c1-19-15-20-16-21(9-10-23(20)38-19)30-27(24(17-29)40(36,37)26-8-6-14-39-26)31-22-7-2-3-13-33(28(22)35)18-25(34)32-11-4-5-12-32/h6,8-10,14-16,22,24H,2-5,7,11-13,18H2,1H3,(H,30,31)/t22-,24?/m0/s1. The number of carbonyl (C=O) groups excluding carboxylic acids is 2. The van der Waals surface area contributed by atoms with E-state index in [4.69, 9.17) is 4.42 Å². The minimum atomic E-state index is -4.13. The van der Waals surface area contributed by atoms with Gasteiger partial charge in [0.25, 0.3) is 0 Å². The zero-order valence-corrected chi connectivity index (χ0v) is 23.8. The number of aryl methyl sites for hydroxylation is 1. The maximum atomic E-state index is 13.6. The van der Waals surface area contributed by atoms with Crippen LogP contribution in [0, 0.1) is 18.3 Å². The molecule has 1 unspecified atom stereocenters. The molecule has 1 aromatic carbocycles. The second-order valence-corrected chi connectivity index (χ2v) is 13.3. The van der Waals surface area contributed by atoms with Gasteiger partial charge in [-0.25, -0.2) is 8.42 Å². The van der Waals surface area contributed by atoms with Crippen molar-refractivity contribution < 1.29 is 22.4 Å². The molecule has 0 radical (unpaired) electrons. The van der Waals surface area contributed by atoms with E-state index in [-0.39, 0.29) is 28.4 Å². The summed E-state index contributed by atoms with van der Waals surface area (Å²) in [4.78, 5) is 34.4. The summed E-state index contributed by atoms with van der Waals surface area (Å²) >= 11 is 1.02. The Bertz CT molecular complexity index is 1570. The highest BCUT2D eigenvalue weighted by Crippen LogP contribution is 2.27. The molecule has 2 atom stereocenters. The highest BCUT2D eigenvalue weighted by atomic mass is 32.2. The van der Waals surface area contributed by atoms with Crippen molar-refractivity contribution in [2.45, 2.75) is 54.5 Å². The molecule has 0 spiro atoms. The lowest BCUT2D eigenvalue weighted by molar-refractivity contribution is -0.140. The Morgan fingerprint density at radius 1 is 1.20 bits per heavy atom. The monoisotopic (exact) mass is 581 g/mol. The van der Waals surface area contributed by atoms with E-state index in [9.17, 15) is 23.3 Å². The first-order valence-corrected chi connectivity index (χ1v) is 15.8. The molecule has 12 heteroatoms. The van der Waals surface area contributed by atoms with Crippen LogP contribution in [0.5, 0.6) is 0 Å². The number of furan rings is 1. The van der Waals surface area contributed by atoms with Crippen molar-refractivity contribution in [1.82, 2.24) is 9.80 Å². The fourth-order valence-corrected chi connectivity index (χ4v) is 7.64. The SMILES string of the molecule is Cc1cc2cc(NC(=N[C@H]3CCCCN(CC(=O)N4CCCC4)C3=O)C(C#N)S(=O)(=O)c3cccs3)ccc2o1. The van der Waals surface area contributed by atoms with Crippen molar-refractivity contribution in [3.8, 4) is 6.07 Å². The molecule has 40 heavy (non-hydrogen) atoms. The summed E-state index contributed by atoms with van der Waals surface area (Å²) in [5.74, 6) is 0.175. The molecule has 0 saturated carbocycles. The van der Waals surface area contributed by atoms with Gasteiger partial charge in [0.2, 0.25) is 26.9 Å². The van der Waals surface area contributed by atoms with Crippen molar-refractivity contribution in [1.29, 1.82) is 5.26 Å². The fourth-order valence-electron chi connectivity index (χ4n) is 5.15. The molecule has 5 rings (SSSR count). The highest BCUT2D eigenvalue weighted by Gasteiger charge is 2.36. The third-order valence-electron chi connectivity index (χ3n) is 7.20. The van der Waals surface area contributed by atoms with Crippen molar-refractivity contribution in [3.63, 3.8) is 0 Å².